The van der Waals surface area contributed by atoms with Crippen LogP contribution in [0.25, 0.3) is 22.4 Å². The molecule has 0 saturated carbocycles. The van der Waals surface area contributed by atoms with E-state index in [4.69, 9.17) is 23.9 Å². The highest BCUT2D eigenvalue weighted by molar-refractivity contribution is 6.31. The molecule has 4 aromatic rings. The Balaban J connectivity index is 1.17. The molecule has 1 aliphatic carbocycles. The van der Waals surface area contributed by atoms with Crippen molar-refractivity contribution < 1.29 is 28.5 Å². The topological polar surface area (TPSA) is 103 Å². The lowest BCUT2D eigenvalue weighted by molar-refractivity contribution is 0.00206. The fraction of sp³-hybridized carbons (Fsp3) is 0.344. The highest BCUT2D eigenvalue weighted by atomic mass is 16.6. The van der Waals surface area contributed by atoms with Gasteiger partial charge in [0, 0.05) is 41.9 Å². The number of aromatic amines is 1. The first-order valence-electron chi connectivity index (χ1n) is 14.0. The van der Waals surface area contributed by atoms with Gasteiger partial charge in [-0.3, -0.25) is 14.5 Å². The van der Waals surface area contributed by atoms with Gasteiger partial charge in [-0.2, -0.15) is 0 Å². The van der Waals surface area contributed by atoms with Crippen LogP contribution < -0.4 is 0 Å². The molecular formula is C32H33N3O6. The number of rotatable bonds is 3. The molecular weight excluding hydrogens is 522 g/mol. The summed E-state index contributed by atoms with van der Waals surface area (Å²) in [4.78, 5) is 36.9. The number of hydrogen-bond acceptors (Lipinski definition) is 8. The SMILES string of the molecule is O=C1c2ccccc2C(=O)c2c1ccc1[nH]c(-c3ccc(CN4CCOCCOCCOCCOCC4)cc3)nc21. The molecule has 9 heteroatoms. The van der Waals surface area contributed by atoms with Gasteiger partial charge in [0.1, 0.15) is 11.3 Å². The van der Waals surface area contributed by atoms with E-state index in [0.717, 1.165) is 36.3 Å². The summed E-state index contributed by atoms with van der Waals surface area (Å²) in [5.74, 6) is 0.335. The number of hydrogen-bond donors (Lipinski definition) is 1. The molecule has 1 aromatic heterocycles. The maximum atomic E-state index is 13.4. The van der Waals surface area contributed by atoms with Crippen molar-refractivity contribution in [1.29, 1.82) is 0 Å². The number of fused-ring (bicyclic) bond motifs is 4. The number of imidazole rings is 1. The fourth-order valence-electron chi connectivity index (χ4n) is 5.24. The zero-order valence-corrected chi connectivity index (χ0v) is 22.9. The molecule has 0 radical (unpaired) electrons. The number of carbonyl (C=O) groups excluding carboxylic acids is 2. The Morgan fingerprint density at radius 3 is 1.88 bits per heavy atom. The second-order valence-electron chi connectivity index (χ2n) is 10.1. The smallest absolute Gasteiger partial charge is 0.196 e. The molecule has 0 bridgehead atoms. The lowest BCUT2D eigenvalue weighted by atomic mass is 9.83. The van der Waals surface area contributed by atoms with Crippen molar-refractivity contribution >= 4 is 22.6 Å². The third-order valence-corrected chi connectivity index (χ3v) is 7.40. The number of ether oxygens (including phenoxy) is 4. The van der Waals surface area contributed by atoms with Crippen LogP contribution in [0.1, 0.15) is 37.4 Å². The molecule has 3 aromatic carbocycles. The maximum absolute atomic E-state index is 13.4. The molecule has 1 aliphatic heterocycles. The number of H-pyrrole nitrogens is 1. The van der Waals surface area contributed by atoms with Crippen molar-refractivity contribution in [3.05, 3.63) is 88.5 Å². The van der Waals surface area contributed by atoms with E-state index in [2.05, 4.69) is 22.0 Å². The molecule has 41 heavy (non-hydrogen) atoms. The number of nitrogens with one attached hydrogen (secondary N) is 1. The van der Waals surface area contributed by atoms with Gasteiger partial charge in [0.25, 0.3) is 0 Å². The third kappa shape index (κ3) is 6.14. The minimum absolute atomic E-state index is 0.147. The van der Waals surface area contributed by atoms with E-state index in [1.165, 1.54) is 0 Å². The standard InChI is InChI=1S/C32H33N3O6/c36-30-24-3-1-2-4-25(24)31(37)28-26(30)9-10-27-29(28)34-32(33-27)23-7-5-22(6-8-23)21-35-11-13-38-15-17-40-19-20-41-18-16-39-14-12-35/h1-10H,11-21H2,(H,33,34). The number of carbonyl (C=O) groups is 2. The van der Waals surface area contributed by atoms with Crippen LogP contribution in [-0.4, -0.2) is 92.4 Å². The first-order valence-corrected chi connectivity index (χ1v) is 14.0. The summed E-state index contributed by atoms with van der Waals surface area (Å²) in [6, 6.07) is 18.7. The number of aromatic nitrogens is 2. The van der Waals surface area contributed by atoms with Crippen molar-refractivity contribution in [2.24, 2.45) is 0 Å². The van der Waals surface area contributed by atoms with Crippen molar-refractivity contribution in [3.8, 4) is 11.4 Å². The largest absolute Gasteiger partial charge is 0.378 e. The molecule has 2 heterocycles. The Hall–Kier alpha value is -3.73. The van der Waals surface area contributed by atoms with E-state index >= 15 is 0 Å². The summed E-state index contributed by atoms with van der Waals surface area (Å²) in [5.41, 5.74) is 4.93. The van der Waals surface area contributed by atoms with Crippen LogP contribution in [0.3, 0.4) is 0 Å². The van der Waals surface area contributed by atoms with E-state index in [1.807, 2.05) is 18.2 Å². The predicted octanol–water partition coefficient (Wildman–Crippen LogP) is 3.89. The van der Waals surface area contributed by atoms with Crippen molar-refractivity contribution in [3.63, 3.8) is 0 Å². The van der Waals surface area contributed by atoms with Crippen molar-refractivity contribution in [2.45, 2.75) is 6.54 Å². The van der Waals surface area contributed by atoms with Crippen LogP contribution in [0.2, 0.25) is 0 Å². The molecule has 212 valence electrons. The van der Waals surface area contributed by atoms with Crippen LogP contribution in [-0.2, 0) is 25.5 Å². The fourth-order valence-corrected chi connectivity index (χ4v) is 5.24. The van der Waals surface area contributed by atoms with Crippen molar-refractivity contribution in [2.75, 3.05) is 65.9 Å². The predicted molar refractivity (Wildman–Crippen MR) is 153 cm³/mol. The summed E-state index contributed by atoms with van der Waals surface area (Å²) in [6.45, 7) is 6.93. The molecule has 1 N–H and O–H groups in total. The monoisotopic (exact) mass is 555 g/mol. The molecule has 6 rings (SSSR count). The second-order valence-corrected chi connectivity index (χ2v) is 10.1. The molecule has 0 spiro atoms. The summed E-state index contributed by atoms with van der Waals surface area (Å²) < 4.78 is 22.5. The maximum Gasteiger partial charge on any atom is 0.196 e. The first kappa shape index (κ1) is 27.4. The molecule has 0 atom stereocenters. The summed E-state index contributed by atoms with van der Waals surface area (Å²) in [7, 11) is 0. The molecule has 2 aliphatic rings. The van der Waals surface area contributed by atoms with Gasteiger partial charge in [0.15, 0.2) is 11.6 Å². The Bertz CT molecular complexity index is 1510. The average Bonchev–Trinajstić information content (AvgIpc) is 3.43. The Morgan fingerprint density at radius 2 is 1.24 bits per heavy atom. The minimum Gasteiger partial charge on any atom is -0.378 e. The third-order valence-electron chi connectivity index (χ3n) is 7.40. The average molecular weight is 556 g/mol. The van der Waals surface area contributed by atoms with Gasteiger partial charge in [-0.05, 0) is 17.7 Å². The van der Waals surface area contributed by atoms with Crippen LogP contribution >= 0.6 is 0 Å². The van der Waals surface area contributed by atoms with Gasteiger partial charge in [-0.25, -0.2) is 4.98 Å². The van der Waals surface area contributed by atoms with Gasteiger partial charge in [-0.15, -0.1) is 0 Å². The van der Waals surface area contributed by atoms with Crippen LogP contribution in [0.5, 0.6) is 0 Å². The zero-order valence-electron chi connectivity index (χ0n) is 22.9. The second kappa shape index (κ2) is 12.8. The van der Waals surface area contributed by atoms with Gasteiger partial charge in [0.2, 0.25) is 0 Å². The Morgan fingerprint density at radius 1 is 0.659 bits per heavy atom. The van der Waals surface area contributed by atoms with E-state index in [0.29, 0.717) is 86.4 Å². The van der Waals surface area contributed by atoms with E-state index in [9.17, 15) is 9.59 Å². The Kier molecular flexibility index (Phi) is 8.60. The zero-order chi connectivity index (χ0) is 28.0. The lowest BCUT2D eigenvalue weighted by Crippen LogP contribution is -2.31. The van der Waals surface area contributed by atoms with Crippen LogP contribution in [0, 0.1) is 0 Å². The summed E-state index contributed by atoms with van der Waals surface area (Å²) >= 11 is 0. The molecule has 0 unspecified atom stereocenters. The summed E-state index contributed by atoms with van der Waals surface area (Å²) in [5, 5.41) is 0. The number of nitrogens with zero attached hydrogens (tertiary/aromatic N) is 2. The molecule has 9 nitrogen and oxygen atoms in total. The minimum atomic E-state index is -0.171. The van der Waals surface area contributed by atoms with Crippen LogP contribution in [0.15, 0.2) is 60.7 Å². The first-order chi connectivity index (χ1) is 20.2. The summed E-state index contributed by atoms with van der Waals surface area (Å²) in [6.07, 6.45) is 0. The normalized spacial score (nSPS) is 18.0. The van der Waals surface area contributed by atoms with Gasteiger partial charge in [0.05, 0.1) is 63.9 Å². The van der Waals surface area contributed by atoms with Crippen LogP contribution in [0.4, 0.5) is 0 Å². The highest BCUT2D eigenvalue weighted by Crippen LogP contribution is 2.33. The van der Waals surface area contributed by atoms with Gasteiger partial charge < -0.3 is 23.9 Å². The molecule has 1 saturated heterocycles. The van der Waals surface area contributed by atoms with Crippen molar-refractivity contribution in [1.82, 2.24) is 14.9 Å². The quantitative estimate of drug-likeness (QED) is 0.358. The highest BCUT2D eigenvalue weighted by Gasteiger charge is 2.32. The van der Waals surface area contributed by atoms with E-state index in [1.54, 1.807) is 30.3 Å². The van der Waals surface area contributed by atoms with Gasteiger partial charge in [-0.1, -0.05) is 48.5 Å². The number of ketones is 2. The molecule has 0 amide bonds. The lowest BCUT2D eigenvalue weighted by Gasteiger charge is -2.22. The number of benzene rings is 3. The van der Waals surface area contributed by atoms with E-state index in [-0.39, 0.29) is 11.6 Å². The van der Waals surface area contributed by atoms with Gasteiger partial charge >= 0.3 is 0 Å². The Labute approximate surface area is 238 Å². The molecule has 1 fully saturated rings. The van der Waals surface area contributed by atoms with E-state index < -0.39 is 0 Å².